The fourth-order valence-corrected chi connectivity index (χ4v) is 1.39. The van der Waals surface area contributed by atoms with Gasteiger partial charge in [-0.05, 0) is 39.2 Å². The van der Waals surface area contributed by atoms with Crippen molar-refractivity contribution in [3.63, 3.8) is 0 Å². The summed E-state index contributed by atoms with van der Waals surface area (Å²) < 4.78 is 0. The average Bonchev–Trinajstić information content (AvgIpc) is 2.27. The van der Waals surface area contributed by atoms with Crippen LogP contribution in [-0.4, -0.2) is 43.0 Å². The van der Waals surface area contributed by atoms with Crippen LogP contribution in [0.25, 0.3) is 0 Å². The maximum Gasteiger partial charge on any atom is 0.226 e. The number of nitrogens with one attached hydrogen (secondary N) is 1. The quantitative estimate of drug-likeness (QED) is 0.696. The second-order valence-electron chi connectivity index (χ2n) is 4.27. The Labute approximate surface area is 102 Å². The van der Waals surface area contributed by atoms with Gasteiger partial charge in [0.05, 0.1) is 18.3 Å². The Balaban J connectivity index is 2.23. The molecule has 0 atom stereocenters. The highest BCUT2D eigenvalue weighted by Gasteiger charge is 2.03. The molecule has 17 heavy (non-hydrogen) atoms. The van der Waals surface area contributed by atoms with Crippen LogP contribution in [0.2, 0.25) is 0 Å². The number of carbonyl (C=O) groups is 1. The van der Waals surface area contributed by atoms with E-state index in [4.69, 9.17) is 5.73 Å². The van der Waals surface area contributed by atoms with Crippen LogP contribution in [-0.2, 0) is 11.2 Å². The van der Waals surface area contributed by atoms with Crippen molar-refractivity contribution in [2.75, 3.05) is 32.9 Å². The van der Waals surface area contributed by atoms with Crippen molar-refractivity contribution in [3.8, 4) is 0 Å². The Morgan fingerprint density at radius 1 is 1.47 bits per heavy atom. The predicted octanol–water partition coefficient (Wildman–Crippen LogP) is 0.274. The van der Waals surface area contributed by atoms with Crippen molar-refractivity contribution in [1.82, 2.24) is 15.2 Å². The van der Waals surface area contributed by atoms with Crippen molar-refractivity contribution in [3.05, 3.63) is 24.0 Å². The molecular formula is C12H20N4O. The molecule has 3 N–H and O–H groups in total. The monoisotopic (exact) mass is 236 g/mol. The molecule has 1 aromatic heterocycles. The van der Waals surface area contributed by atoms with E-state index >= 15 is 0 Å². The summed E-state index contributed by atoms with van der Waals surface area (Å²) in [7, 11) is 4.03. The third-order valence-corrected chi connectivity index (χ3v) is 2.29. The molecule has 0 aromatic carbocycles. The Morgan fingerprint density at radius 2 is 2.24 bits per heavy atom. The van der Waals surface area contributed by atoms with E-state index in [0.717, 1.165) is 18.7 Å². The van der Waals surface area contributed by atoms with E-state index in [1.807, 2.05) is 14.1 Å². The van der Waals surface area contributed by atoms with Gasteiger partial charge < -0.3 is 16.0 Å². The molecule has 0 fully saturated rings. The maximum atomic E-state index is 11.5. The van der Waals surface area contributed by atoms with Gasteiger partial charge >= 0.3 is 0 Å². The van der Waals surface area contributed by atoms with Gasteiger partial charge in [0, 0.05) is 12.2 Å². The summed E-state index contributed by atoms with van der Waals surface area (Å²) in [4.78, 5) is 17.7. The molecule has 0 radical (unpaired) electrons. The van der Waals surface area contributed by atoms with Crippen LogP contribution in [0.1, 0.15) is 12.1 Å². The highest BCUT2D eigenvalue weighted by Crippen LogP contribution is 2.01. The molecule has 5 nitrogen and oxygen atoms in total. The Morgan fingerprint density at radius 3 is 2.82 bits per heavy atom. The van der Waals surface area contributed by atoms with Crippen LogP contribution in [0.4, 0.5) is 5.69 Å². The fourth-order valence-electron chi connectivity index (χ4n) is 1.39. The molecule has 1 heterocycles. The number of carbonyl (C=O) groups excluding carboxylic acids is 1. The minimum Gasteiger partial charge on any atom is -0.397 e. The zero-order valence-corrected chi connectivity index (χ0v) is 10.4. The molecule has 0 bridgehead atoms. The fraction of sp³-hybridized carbons (Fsp3) is 0.500. The molecule has 0 saturated carbocycles. The lowest BCUT2D eigenvalue weighted by Gasteiger charge is -2.09. The van der Waals surface area contributed by atoms with Crippen molar-refractivity contribution in [2.45, 2.75) is 12.8 Å². The van der Waals surface area contributed by atoms with E-state index in [1.165, 1.54) is 0 Å². The zero-order chi connectivity index (χ0) is 12.7. The number of pyridine rings is 1. The summed E-state index contributed by atoms with van der Waals surface area (Å²) >= 11 is 0. The van der Waals surface area contributed by atoms with Crippen molar-refractivity contribution < 1.29 is 4.79 Å². The van der Waals surface area contributed by atoms with Crippen LogP contribution < -0.4 is 11.1 Å². The second-order valence-corrected chi connectivity index (χ2v) is 4.27. The highest BCUT2D eigenvalue weighted by molar-refractivity contribution is 5.78. The van der Waals surface area contributed by atoms with Crippen LogP contribution in [0, 0.1) is 0 Å². The highest BCUT2D eigenvalue weighted by atomic mass is 16.1. The van der Waals surface area contributed by atoms with Crippen LogP contribution in [0.15, 0.2) is 18.3 Å². The molecule has 1 amide bonds. The van der Waals surface area contributed by atoms with Crippen molar-refractivity contribution >= 4 is 11.6 Å². The number of anilines is 1. The van der Waals surface area contributed by atoms with E-state index in [-0.39, 0.29) is 5.91 Å². The number of rotatable bonds is 6. The molecule has 5 heteroatoms. The summed E-state index contributed by atoms with van der Waals surface area (Å²) in [6.45, 7) is 1.67. The van der Waals surface area contributed by atoms with Gasteiger partial charge in [-0.25, -0.2) is 0 Å². The first kappa shape index (κ1) is 13.4. The van der Waals surface area contributed by atoms with Gasteiger partial charge in [-0.15, -0.1) is 0 Å². The van der Waals surface area contributed by atoms with Crippen LogP contribution in [0.3, 0.4) is 0 Å². The van der Waals surface area contributed by atoms with Crippen molar-refractivity contribution in [1.29, 1.82) is 0 Å². The largest absolute Gasteiger partial charge is 0.397 e. The molecule has 0 unspecified atom stereocenters. The zero-order valence-electron chi connectivity index (χ0n) is 10.4. The Kier molecular flexibility index (Phi) is 5.42. The minimum atomic E-state index is 0.000951. The molecule has 0 aliphatic carbocycles. The van der Waals surface area contributed by atoms with Crippen LogP contribution >= 0.6 is 0 Å². The number of nitrogens with two attached hydrogens (primary N) is 1. The number of amides is 1. The van der Waals surface area contributed by atoms with E-state index in [1.54, 1.807) is 18.3 Å². The molecule has 0 saturated heterocycles. The first-order chi connectivity index (χ1) is 8.08. The van der Waals surface area contributed by atoms with Gasteiger partial charge in [0.1, 0.15) is 0 Å². The lowest BCUT2D eigenvalue weighted by Crippen LogP contribution is -2.28. The SMILES string of the molecule is CN(C)CCCNC(=O)Cc1ccc(N)cn1. The van der Waals surface area contributed by atoms with Gasteiger partial charge in [0.25, 0.3) is 0 Å². The summed E-state index contributed by atoms with van der Waals surface area (Å²) in [5.74, 6) is 0.000951. The molecule has 94 valence electrons. The molecule has 0 aliphatic rings. The summed E-state index contributed by atoms with van der Waals surface area (Å²) in [6.07, 6.45) is 2.82. The first-order valence-electron chi connectivity index (χ1n) is 5.70. The summed E-state index contributed by atoms with van der Waals surface area (Å²) in [5.41, 5.74) is 6.87. The van der Waals surface area contributed by atoms with E-state index in [2.05, 4.69) is 15.2 Å². The van der Waals surface area contributed by atoms with Crippen LogP contribution in [0.5, 0.6) is 0 Å². The second kappa shape index (κ2) is 6.85. The summed E-state index contributed by atoms with van der Waals surface area (Å²) in [6, 6.07) is 3.52. The number of hydrogen-bond donors (Lipinski definition) is 2. The lowest BCUT2D eigenvalue weighted by atomic mass is 10.2. The Bertz CT molecular complexity index is 348. The topological polar surface area (TPSA) is 71.2 Å². The van der Waals surface area contributed by atoms with E-state index < -0.39 is 0 Å². The van der Waals surface area contributed by atoms with E-state index in [0.29, 0.717) is 18.7 Å². The normalized spacial score (nSPS) is 10.5. The van der Waals surface area contributed by atoms with Gasteiger partial charge in [-0.1, -0.05) is 0 Å². The van der Waals surface area contributed by atoms with Gasteiger partial charge in [-0.2, -0.15) is 0 Å². The maximum absolute atomic E-state index is 11.5. The smallest absolute Gasteiger partial charge is 0.226 e. The number of hydrogen-bond acceptors (Lipinski definition) is 4. The number of nitrogens with zero attached hydrogens (tertiary/aromatic N) is 2. The summed E-state index contributed by atoms with van der Waals surface area (Å²) in [5, 5.41) is 2.86. The number of nitrogen functional groups attached to an aromatic ring is 1. The molecule has 1 aromatic rings. The third kappa shape index (κ3) is 5.87. The molecular weight excluding hydrogens is 216 g/mol. The lowest BCUT2D eigenvalue weighted by molar-refractivity contribution is -0.120. The first-order valence-corrected chi connectivity index (χ1v) is 5.70. The molecule has 0 aliphatic heterocycles. The average molecular weight is 236 g/mol. The number of aromatic nitrogens is 1. The third-order valence-electron chi connectivity index (χ3n) is 2.29. The van der Waals surface area contributed by atoms with Crippen molar-refractivity contribution in [2.24, 2.45) is 0 Å². The Hall–Kier alpha value is -1.62. The minimum absolute atomic E-state index is 0.000951. The van der Waals surface area contributed by atoms with Gasteiger partial charge in [0.2, 0.25) is 5.91 Å². The van der Waals surface area contributed by atoms with Gasteiger partial charge in [0.15, 0.2) is 0 Å². The van der Waals surface area contributed by atoms with Gasteiger partial charge in [-0.3, -0.25) is 9.78 Å². The predicted molar refractivity (Wildman–Crippen MR) is 68.5 cm³/mol. The molecule has 1 rings (SSSR count). The standard InChI is InChI=1S/C12H20N4O/c1-16(2)7-3-6-14-12(17)8-11-5-4-10(13)9-15-11/h4-5,9H,3,6-8,13H2,1-2H3,(H,14,17). The van der Waals surface area contributed by atoms with E-state index in [9.17, 15) is 4.79 Å². The molecule has 0 spiro atoms.